The molecule has 34 heavy (non-hydrogen) atoms. The number of benzene rings is 2. The number of hydrogen-bond acceptors (Lipinski definition) is 6. The van der Waals surface area contributed by atoms with E-state index in [0.29, 0.717) is 18.7 Å². The molecule has 2 heterocycles. The summed E-state index contributed by atoms with van der Waals surface area (Å²) in [6.07, 6.45) is 0.953. The molecule has 0 bridgehead atoms. The molecule has 3 aromatic rings. The molecular weight excluding hydrogens is 470 g/mol. The van der Waals surface area contributed by atoms with Crippen molar-refractivity contribution in [1.29, 1.82) is 0 Å². The third kappa shape index (κ3) is 6.24. The predicted octanol–water partition coefficient (Wildman–Crippen LogP) is 3.24. The van der Waals surface area contributed by atoms with Crippen LogP contribution in [0.3, 0.4) is 0 Å². The number of rotatable bonds is 9. The average Bonchev–Trinajstić information content (AvgIpc) is 3.40. The van der Waals surface area contributed by atoms with Crippen molar-refractivity contribution >= 4 is 27.3 Å². The number of carbonyl (C=O) groups excluding carboxylic acids is 1. The molecule has 4 rings (SSSR count). The fourth-order valence-electron chi connectivity index (χ4n) is 3.88. The van der Waals surface area contributed by atoms with Crippen molar-refractivity contribution in [3.8, 4) is 5.75 Å². The Hall–Kier alpha value is -2.72. The Morgan fingerprint density at radius 2 is 1.71 bits per heavy atom. The number of carbonyl (C=O) groups is 1. The number of piperazine rings is 1. The van der Waals surface area contributed by atoms with E-state index in [1.165, 1.54) is 29.0 Å². The van der Waals surface area contributed by atoms with Crippen molar-refractivity contribution in [3.63, 3.8) is 0 Å². The molecule has 0 atom stereocenters. The van der Waals surface area contributed by atoms with Gasteiger partial charge in [0.25, 0.3) is 5.91 Å². The lowest BCUT2D eigenvalue weighted by Crippen LogP contribution is -2.49. The van der Waals surface area contributed by atoms with E-state index in [2.05, 4.69) is 21.8 Å². The third-order valence-corrected chi connectivity index (χ3v) is 8.26. The molecule has 1 aromatic heterocycles. The summed E-state index contributed by atoms with van der Waals surface area (Å²) >= 11 is 1.50. The maximum atomic E-state index is 12.9. The largest absolute Gasteiger partial charge is 0.497 e. The first-order valence-electron chi connectivity index (χ1n) is 11.2. The average molecular weight is 500 g/mol. The smallest absolute Gasteiger partial charge is 0.253 e. The minimum atomic E-state index is -3.63. The number of nitrogens with one attached hydrogen (secondary N) is 1. The Morgan fingerprint density at radius 1 is 1.00 bits per heavy atom. The summed E-state index contributed by atoms with van der Waals surface area (Å²) < 4.78 is 32.9. The lowest BCUT2D eigenvalue weighted by Gasteiger charge is -2.34. The highest BCUT2D eigenvalue weighted by atomic mass is 32.2. The lowest BCUT2D eigenvalue weighted by molar-refractivity contribution is 0.0638. The molecule has 0 radical (unpaired) electrons. The maximum absolute atomic E-state index is 12.9. The van der Waals surface area contributed by atoms with E-state index in [0.717, 1.165) is 36.7 Å². The molecule has 9 heteroatoms. The fourth-order valence-corrected chi connectivity index (χ4v) is 5.62. The molecule has 0 spiro atoms. The Morgan fingerprint density at radius 3 is 2.32 bits per heavy atom. The molecule has 0 aliphatic carbocycles. The first kappa shape index (κ1) is 24.4. The van der Waals surface area contributed by atoms with Crippen molar-refractivity contribution in [2.45, 2.75) is 17.9 Å². The molecule has 180 valence electrons. The van der Waals surface area contributed by atoms with Gasteiger partial charge in [0, 0.05) is 49.7 Å². The zero-order valence-corrected chi connectivity index (χ0v) is 20.8. The Balaban J connectivity index is 1.26. The van der Waals surface area contributed by atoms with E-state index in [1.54, 1.807) is 19.2 Å². The van der Waals surface area contributed by atoms with Crippen LogP contribution in [0.1, 0.15) is 20.8 Å². The van der Waals surface area contributed by atoms with Crippen LogP contribution < -0.4 is 9.46 Å². The minimum absolute atomic E-state index is 0.0645. The summed E-state index contributed by atoms with van der Waals surface area (Å²) in [4.78, 5) is 18.2. The molecule has 1 N–H and O–H groups in total. The van der Waals surface area contributed by atoms with Crippen molar-refractivity contribution in [2.24, 2.45) is 0 Å². The quantitative estimate of drug-likeness (QED) is 0.489. The molecular formula is C25H29N3O4S2. The Bertz CT molecular complexity index is 1170. The predicted molar refractivity (Wildman–Crippen MR) is 134 cm³/mol. The summed E-state index contributed by atoms with van der Waals surface area (Å²) in [6.45, 7) is 4.15. The van der Waals surface area contributed by atoms with Gasteiger partial charge in [-0.3, -0.25) is 9.69 Å². The molecule has 0 saturated carbocycles. The van der Waals surface area contributed by atoms with Gasteiger partial charge >= 0.3 is 0 Å². The number of amides is 1. The number of methoxy groups -OCH3 is 1. The van der Waals surface area contributed by atoms with Crippen molar-refractivity contribution in [3.05, 3.63) is 82.0 Å². The highest BCUT2D eigenvalue weighted by Crippen LogP contribution is 2.16. The van der Waals surface area contributed by atoms with Crippen LogP contribution >= 0.6 is 11.3 Å². The molecule has 2 aromatic carbocycles. The highest BCUT2D eigenvalue weighted by molar-refractivity contribution is 7.89. The van der Waals surface area contributed by atoms with E-state index >= 15 is 0 Å². The van der Waals surface area contributed by atoms with Gasteiger partial charge in [0.15, 0.2) is 0 Å². The van der Waals surface area contributed by atoms with Crippen LogP contribution in [-0.4, -0.2) is 64.0 Å². The van der Waals surface area contributed by atoms with Gasteiger partial charge in [-0.05, 0) is 59.8 Å². The monoisotopic (exact) mass is 499 g/mol. The van der Waals surface area contributed by atoms with Gasteiger partial charge in [-0.15, -0.1) is 11.3 Å². The van der Waals surface area contributed by atoms with Gasteiger partial charge in [-0.2, -0.15) is 0 Å². The van der Waals surface area contributed by atoms with Crippen molar-refractivity contribution in [2.75, 3.05) is 39.8 Å². The van der Waals surface area contributed by atoms with Gasteiger partial charge in [-0.25, -0.2) is 13.1 Å². The van der Waals surface area contributed by atoms with Crippen molar-refractivity contribution < 1.29 is 17.9 Å². The first-order valence-corrected chi connectivity index (χ1v) is 13.6. The van der Waals surface area contributed by atoms with E-state index in [-0.39, 0.29) is 17.3 Å². The number of sulfonamides is 1. The minimum Gasteiger partial charge on any atom is -0.497 e. The van der Waals surface area contributed by atoms with Gasteiger partial charge < -0.3 is 9.64 Å². The van der Waals surface area contributed by atoms with Crippen LogP contribution in [0, 0.1) is 0 Å². The maximum Gasteiger partial charge on any atom is 0.253 e. The van der Waals surface area contributed by atoms with E-state index in [9.17, 15) is 13.2 Å². The molecule has 1 aliphatic heterocycles. The zero-order valence-electron chi connectivity index (χ0n) is 19.1. The standard InChI is InChI=1S/C25H29N3O4S2/c1-32-22-8-4-20(5-9-22)12-13-27-14-16-28(17-15-27)25(29)21-6-10-24(11-7-21)34(30,31)26-19-23-3-2-18-33-23/h2-11,18,26H,12-17,19H2,1H3. The molecule has 7 nitrogen and oxygen atoms in total. The molecule has 1 aliphatic rings. The third-order valence-electron chi connectivity index (χ3n) is 5.96. The normalized spacial score (nSPS) is 14.8. The summed E-state index contributed by atoms with van der Waals surface area (Å²) in [6, 6.07) is 18.1. The molecule has 1 saturated heterocycles. The Kier molecular flexibility index (Phi) is 7.99. The zero-order chi connectivity index (χ0) is 24.0. The van der Waals surface area contributed by atoms with Crippen LogP contribution in [0.4, 0.5) is 0 Å². The van der Waals surface area contributed by atoms with Crippen LogP contribution in [0.25, 0.3) is 0 Å². The van der Waals surface area contributed by atoms with Gasteiger partial charge in [0.05, 0.1) is 12.0 Å². The number of ether oxygens (including phenoxy) is 1. The van der Waals surface area contributed by atoms with Crippen LogP contribution in [0.15, 0.2) is 70.9 Å². The topological polar surface area (TPSA) is 79.0 Å². The van der Waals surface area contributed by atoms with E-state index < -0.39 is 10.0 Å². The molecule has 0 unspecified atom stereocenters. The number of hydrogen-bond donors (Lipinski definition) is 1. The van der Waals surface area contributed by atoms with Crippen LogP contribution in [-0.2, 0) is 23.0 Å². The second-order valence-corrected chi connectivity index (χ2v) is 11.0. The number of nitrogens with zero attached hydrogens (tertiary/aromatic N) is 2. The molecule has 1 fully saturated rings. The van der Waals surface area contributed by atoms with E-state index in [1.807, 2.05) is 34.5 Å². The van der Waals surface area contributed by atoms with Crippen molar-refractivity contribution in [1.82, 2.24) is 14.5 Å². The van der Waals surface area contributed by atoms with E-state index in [4.69, 9.17) is 4.74 Å². The lowest BCUT2D eigenvalue weighted by atomic mass is 10.1. The Labute approximate surface area is 205 Å². The summed E-state index contributed by atoms with van der Waals surface area (Å²) in [5.41, 5.74) is 1.77. The second-order valence-electron chi connectivity index (χ2n) is 8.16. The van der Waals surface area contributed by atoms with Gasteiger partial charge in [0.1, 0.15) is 5.75 Å². The summed E-state index contributed by atoms with van der Waals surface area (Å²) in [5.74, 6) is 0.793. The van der Waals surface area contributed by atoms with Gasteiger partial charge in [-0.1, -0.05) is 18.2 Å². The highest BCUT2D eigenvalue weighted by Gasteiger charge is 2.23. The van der Waals surface area contributed by atoms with Gasteiger partial charge in [0.2, 0.25) is 10.0 Å². The van der Waals surface area contributed by atoms with Crippen LogP contribution in [0.5, 0.6) is 5.75 Å². The second kappa shape index (κ2) is 11.1. The first-order chi connectivity index (χ1) is 16.4. The molecule has 1 amide bonds. The number of thiophene rings is 1. The summed E-state index contributed by atoms with van der Waals surface area (Å²) in [5, 5.41) is 1.91. The summed E-state index contributed by atoms with van der Waals surface area (Å²) in [7, 11) is -1.96. The SMILES string of the molecule is COc1ccc(CCN2CCN(C(=O)c3ccc(S(=O)(=O)NCc4cccs4)cc3)CC2)cc1. The fraction of sp³-hybridized carbons (Fsp3) is 0.320. The van der Waals surface area contributed by atoms with Crippen LogP contribution in [0.2, 0.25) is 0 Å².